The van der Waals surface area contributed by atoms with E-state index in [4.69, 9.17) is 10.2 Å². The lowest BCUT2D eigenvalue weighted by Crippen LogP contribution is -2.38. The molecule has 0 spiro atoms. The minimum Gasteiger partial charge on any atom is -0.443 e. The van der Waals surface area contributed by atoms with Gasteiger partial charge in [0.15, 0.2) is 17.8 Å². The number of hydrogen-bond acceptors (Lipinski definition) is 5. The van der Waals surface area contributed by atoms with Crippen LogP contribution in [0.25, 0.3) is 11.3 Å². The number of amides is 2. The van der Waals surface area contributed by atoms with Gasteiger partial charge in [-0.15, -0.1) is 0 Å². The van der Waals surface area contributed by atoms with Crippen LogP contribution >= 0.6 is 0 Å². The molecule has 1 aliphatic heterocycles. The maximum absolute atomic E-state index is 14.1. The van der Waals surface area contributed by atoms with Gasteiger partial charge in [-0.2, -0.15) is 0 Å². The molecule has 1 atom stereocenters. The van der Waals surface area contributed by atoms with Gasteiger partial charge in [0.25, 0.3) is 11.8 Å². The number of aromatic nitrogens is 1. The van der Waals surface area contributed by atoms with Crippen LogP contribution in [-0.2, 0) is 0 Å². The molecule has 1 aromatic heterocycles. The number of anilines is 2. The lowest BCUT2D eigenvalue weighted by molar-refractivity contribution is 0.0995. The van der Waals surface area contributed by atoms with Gasteiger partial charge in [-0.05, 0) is 56.5 Å². The molecule has 0 unspecified atom stereocenters. The molecule has 4 rings (SSSR count). The maximum Gasteiger partial charge on any atom is 0.278 e. The van der Waals surface area contributed by atoms with Gasteiger partial charge in [-0.3, -0.25) is 9.59 Å². The van der Waals surface area contributed by atoms with E-state index in [1.807, 2.05) is 0 Å². The molecule has 31 heavy (non-hydrogen) atoms. The van der Waals surface area contributed by atoms with E-state index in [1.54, 1.807) is 30.3 Å². The van der Waals surface area contributed by atoms with E-state index in [2.05, 4.69) is 22.1 Å². The monoisotopic (exact) mass is 422 g/mol. The second kappa shape index (κ2) is 8.59. The van der Waals surface area contributed by atoms with Crippen molar-refractivity contribution in [2.24, 2.45) is 5.73 Å². The molecule has 8 heteroatoms. The van der Waals surface area contributed by atoms with Gasteiger partial charge in [0, 0.05) is 24.0 Å². The first kappa shape index (κ1) is 20.6. The summed E-state index contributed by atoms with van der Waals surface area (Å²) in [6, 6.07) is 11.3. The second-order valence-corrected chi connectivity index (χ2v) is 7.60. The van der Waals surface area contributed by atoms with Crippen LogP contribution in [0, 0.1) is 5.82 Å². The number of hydrogen-bond donors (Lipinski definition) is 2. The molecule has 1 aliphatic rings. The number of nitrogens with zero attached hydrogens (tertiary/aromatic N) is 2. The van der Waals surface area contributed by atoms with Crippen LogP contribution in [0.1, 0.15) is 47.0 Å². The zero-order chi connectivity index (χ0) is 22.0. The number of nitrogens with one attached hydrogen (secondary N) is 1. The molecule has 0 radical (unpaired) electrons. The number of oxazole rings is 1. The van der Waals surface area contributed by atoms with Crippen LogP contribution in [0.15, 0.2) is 53.3 Å². The first-order chi connectivity index (χ1) is 15.0. The van der Waals surface area contributed by atoms with Gasteiger partial charge < -0.3 is 20.4 Å². The summed E-state index contributed by atoms with van der Waals surface area (Å²) < 4.78 is 19.4. The van der Waals surface area contributed by atoms with E-state index in [1.165, 1.54) is 12.1 Å². The van der Waals surface area contributed by atoms with Crippen molar-refractivity contribution >= 4 is 23.2 Å². The fourth-order valence-corrected chi connectivity index (χ4v) is 3.95. The molecule has 0 bridgehead atoms. The van der Waals surface area contributed by atoms with Crippen molar-refractivity contribution < 1.29 is 18.4 Å². The molecule has 0 saturated carbocycles. The van der Waals surface area contributed by atoms with E-state index in [0.29, 0.717) is 17.3 Å². The highest BCUT2D eigenvalue weighted by molar-refractivity contribution is 6.07. The molecule has 0 aliphatic carbocycles. The first-order valence-electron chi connectivity index (χ1n) is 10.2. The van der Waals surface area contributed by atoms with Gasteiger partial charge in [0.2, 0.25) is 0 Å². The zero-order valence-electron chi connectivity index (χ0n) is 17.1. The molecule has 7 nitrogen and oxygen atoms in total. The molecular weight excluding hydrogens is 399 g/mol. The molecule has 2 heterocycles. The summed E-state index contributed by atoms with van der Waals surface area (Å²) in [5.41, 5.74) is 7.18. The average molecular weight is 422 g/mol. The van der Waals surface area contributed by atoms with Crippen molar-refractivity contribution in [2.75, 3.05) is 16.8 Å². The highest BCUT2D eigenvalue weighted by Crippen LogP contribution is 2.31. The number of carbonyl (C=O) groups excluding carboxylic acids is 2. The Balaban J connectivity index is 1.61. The Labute approximate surface area is 179 Å². The lowest BCUT2D eigenvalue weighted by Gasteiger charge is -2.36. The summed E-state index contributed by atoms with van der Waals surface area (Å²) in [6.45, 7) is 2.96. The summed E-state index contributed by atoms with van der Waals surface area (Å²) in [7, 11) is 0. The van der Waals surface area contributed by atoms with Crippen LogP contribution < -0.4 is 16.0 Å². The predicted octanol–water partition coefficient (Wildman–Crippen LogP) is 4.21. The fourth-order valence-electron chi connectivity index (χ4n) is 3.95. The standard InChI is InChI=1S/C23H23FN4O3/c1-14-6-4-5-11-28(14)19-10-9-15(12-17(19)22(25)29)27-23(30)20-21(31-13-26-20)16-7-2-3-8-18(16)24/h2-3,7-10,12-14H,4-6,11H2,1H3,(H2,25,29)(H,27,30)/t14-/m1/s1. The summed E-state index contributed by atoms with van der Waals surface area (Å²) >= 11 is 0. The predicted molar refractivity (Wildman–Crippen MR) is 115 cm³/mol. The molecule has 160 valence electrons. The van der Waals surface area contributed by atoms with Crippen LogP contribution in [0.2, 0.25) is 0 Å². The van der Waals surface area contributed by atoms with E-state index >= 15 is 0 Å². The number of rotatable bonds is 5. The van der Waals surface area contributed by atoms with E-state index in [0.717, 1.165) is 37.9 Å². The third-order valence-electron chi connectivity index (χ3n) is 5.53. The van der Waals surface area contributed by atoms with Crippen molar-refractivity contribution in [1.29, 1.82) is 0 Å². The quantitative estimate of drug-likeness (QED) is 0.641. The summed E-state index contributed by atoms with van der Waals surface area (Å²) in [4.78, 5) is 31.1. The molecule has 2 amide bonds. The summed E-state index contributed by atoms with van der Waals surface area (Å²) in [5, 5.41) is 2.70. The third kappa shape index (κ3) is 4.14. The van der Waals surface area contributed by atoms with Crippen molar-refractivity contribution in [3.05, 3.63) is 65.9 Å². The fraction of sp³-hybridized carbons (Fsp3) is 0.261. The Kier molecular flexibility index (Phi) is 5.70. The van der Waals surface area contributed by atoms with Gasteiger partial charge in [-0.25, -0.2) is 9.37 Å². The van der Waals surface area contributed by atoms with E-state index in [9.17, 15) is 14.0 Å². The number of halogens is 1. The SMILES string of the molecule is C[C@@H]1CCCCN1c1ccc(NC(=O)c2ncoc2-c2ccccc2F)cc1C(N)=O. The molecular formula is C23H23FN4O3. The Morgan fingerprint density at radius 1 is 1.23 bits per heavy atom. The largest absolute Gasteiger partial charge is 0.443 e. The minimum absolute atomic E-state index is 0.0319. The van der Waals surface area contributed by atoms with Crippen LogP contribution in [0.3, 0.4) is 0 Å². The number of primary amides is 1. The highest BCUT2D eigenvalue weighted by atomic mass is 19.1. The first-order valence-corrected chi connectivity index (χ1v) is 10.2. The average Bonchev–Trinajstić information content (AvgIpc) is 3.24. The van der Waals surface area contributed by atoms with Gasteiger partial charge in [0.05, 0.1) is 11.1 Å². The van der Waals surface area contributed by atoms with Crippen molar-refractivity contribution in [3.8, 4) is 11.3 Å². The van der Waals surface area contributed by atoms with Crippen molar-refractivity contribution in [2.45, 2.75) is 32.2 Å². The second-order valence-electron chi connectivity index (χ2n) is 7.60. The Hall–Kier alpha value is -3.68. The van der Waals surface area contributed by atoms with Gasteiger partial charge in [-0.1, -0.05) is 12.1 Å². The normalized spacial score (nSPS) is 16.2. The highest BCUT2D eigenvalue weighted by Gasteiger charge is 2.24. The summed E-state index contributed by atoms with van der Waals surface area (Å²) in [6.07, 6.45) is 4.33. The number of carbonyl (C=O) groups is 2. The molecule has 3 N–H and O–H groups in total. The number of benzene rings is 2. The Morgan fingerprint density at radius 3 is 2.77 bits per heavy atom. The molecule has 3 aromatic rings. The number of piperidine rings is 1. The molecule has 2 aromatic carbocycles. The van der Waals surface area contributed by atoms with Crippen LogP contribution in [0.5, 0.6) is 0 Å². The topological polar surface area (TPSA) is 101 Å². The summed E-state index contributed by atoms with van der Waals surface area (Å²) in [5.74, 6) is -1.65. The van der Waals surface area contributed by atoms with Crippen molar-refractivity contribution in [1.82, 2.24) is 4.98 Å². The van der Waals surface area contributed by atoms with E-state index < -0.39 is 17.6 Å². The van der Waals surface area contributed by atoms with Crippen molar-refractivity contribution in [3.63, 3.8) is 0 Å². The molecule has 1 fully saturated rings. The van der Waals surface area contributed by atoms with Gasteiger partial charge in [0.1, 0.15) is 5.82 Å². The third-order valence-corrected chi connectivity index (χ3v) is 5.53. The molecule has 1 saturated heterocycles. The smallest absolute Gasteiger partial charge is 0.278 e. The van der Waals surface area contributed by atoms with Crippen LogP contribution in [-0.4, -0.2) is 29.4 Å². The van der Waals surface area contributed by atoms with Gasteiger partial charge >= 0.3 is 0 Å². The van der Waals surface area contributed by atoms with Crippen LogP contribution in [0.4, 0.5) is 15.8 Å². The Morgan fingerprint density at radius 2 is 2.03 bits per heavy atom. The maximum atomic E-state index is 14.1. The Bertz CT molecular complexity index is 1130. The zero-order valence-corrected chi connectivity index (χ0v) is 17.1. The lowest BCUT2D eigenvalue weighted by atomic mass is 10.0. The van der Waals surface area contributed by atoms with E-state index in [-0.39, 0.29) is 17.0 Å². The minimum atomic E-state index is -0.582. The number of nitrogens with two attached hydrogens (primary N) is 1.